The molecule has 0 fully saturated rings. The van der Waals surface area contributed by atoms with Crippen molar-refractivity contribution in [3.63, 3.8) is 0 Å². The lowest BCUT2D eigenvalue weighted by Gasteiger charge is -2.16. The zero-order valence-corrected chi connectivity index (χ0v) is 13.7. The van der Waals surface area contributed by atoms with E-state index in [1.165, 1.54) is 6.42 Å². The molecule has 0 saturated carbocycles. The SMILES string of the molecule is CCCC(CCBr)CNC(=O)c1cc(C)ccc1C. The molecule has 0 bridgehead atoms. The van der Waals surface area contributed by atoms with Gasteiger partial charge in [0, 0.05) is 17.4 Å². The minimum atomic E-state index is 0.0527. The summed E-state index contributed by atoms with van der Waals surface area (Å²) in [4.78, 5) is 12.2. The molecular formula is C16H24BrNO. The van der Waals surface area contributed by atoms with E-state index in [1.807, 2.05) is 32.0 Å². The van der Waals surface area contributed by atoms with E-state index in [2.05, 4.69) is 28.2 Å². The minimum absolute atomic E-state index is 0.0527. The Morgan fingerprint density at radius 2 is 2.05 bits per heavy atom. The van der Waals surface area contributed by atoms with Crippen LogP contribution in [-0.4, -0.2) is 17.8 Å². The normalized spacial score (nSPS) is 12.2. The summed E-state index contributed by atoms with van der Waals surface area (Å²) in [6, 6.07) is 6.01. The molecule has 0 aliphatic carbocycles. The van der Waals surface area contributed by atoms with Crippen LogP contribution in [-0.2, 0) is 0 Å². The second-order valence-electron chi connectivity index (χ2n) is 5.16. The van der Waals surface area contributed by atoms with Gasteiger partial charge in [0.05, 0.1) is 0 Å². The van der Waals surface area contributed by atoms with E-state index in [0.717, 1.165) is 41.4 Å². The summed E-state index contributed by atoms with van der Waals surface area (Å²) in [6.45, 7) is 6.96. The number of carbonyl (C=O) groups is 1. The number of halogens is 1. The van der Waals surface area contributed by atoms with Crippen LogP contribution in [0.1, 0.15) is 47.7 Å². The van der Waals surface area contributed by atoms with E-state index in [-0.39, 0.29) is 5.91 Å². The Balaban J connectivity index is 2.61. The molecule has 0 saturated heterocycles. The van der Waals surface area contributed by atoms with Crippen LogP contribution in [0.4, 0.5) is 0 Å². The van der Waals surface area contributed by atoms with Gasteiger partial charge in [-0.15, -0.1) is 0 Å². The molecule has 0 aromatic heterocycles. The Labute approximate surface area is 125 Å². The lowest BCUT2D eigenvalue weighted by Crippen LogP contribution is -2.30. The smallest absolute Gasteiger partial charge is 0.251 e. The highest BCUT2D eigenvalue weighted by Gasteiger charge is 2.12. The summed E-state index contributed by atoms with van der Waals surface area (Å²) < 4.78 is 0. The molecule has 106 valence electrons. The van der Waals surface area contributed by atoms with Crippen molar-refractivity contribution in [2.75, 3.05) is 11.9 Å². The molecule has 0 heterocycles. The molecule has 19 heavy (non-hydrogen) atoms. The summed E-state index contributed by atoms with van der Waals surface area (Å²) in [5, 5.41) is 4.07. The van der Waals surface area contributed by atoms with Gasteiger partial charge < -0.3 is 5.32 Å². The molecular weight excluding hydrogens is 302 g/mol. The molecule has 1 N–H and O–H groups in total. The van der Waals surface area contributed by atoms with Crippen molar-refractivity contribution in [2.24, 2.45) is 5.92 Å². The highest BCUT2D eigenvalue weighted by Crippen LogP contribution is 2.13. The van der Waals surface area contributed by atoms with Crippen LogP contribution in [0, 0.1) is 19.8 Å². The fourth-order valence-electron chi connectivity index (χ4n) is 2.22. The van der Waals surface area contributed by atoms with Gasteiger partial charge in [-0.1, -0.05) is 47.0 Å². The molecule has 0 aliphatic heterocycles. The summed E-state index contributed by atoms with van der Waals surface area (Å²) >= 11 is 3.48. The first-order valence-corrected chi connectivity index (χ1v) is 8.12. The van der Waals surface area contributed by atoms with Crippen molar-refractivity contribution in [3.8, 4) is 0 Å². The summed E-state index contributed by atoms with van der Waals surface area (Å²) in [7, 11) is 0. The van der Waals surface area contributed by atoms with Crippen LogP contribution in [0.2, 0.25) is 0 Å². The topological polar surface area (TPSA) is 29.1 Å². The van der Waals surface area contributed by atoms with Gasteiger partial charge in [-0.25, -0.2) is 0 Å². The van der Waals surface area contributed by atoms with Crippen LogP contribution in [0.15, 0.2) is 18.2 Å². The van der Waals surface area contributed by atoms with E-state index in [4.69, 9.17) is 0 Å². The van der Waals surface area contributed by atoms with Crippen molar-refractivity contribution >= 4 is 21.8 Å². The van der Waals surface area contributed by atoms with Crippen LogP contribution in [0.5, 0.6) is 0 Å². The molecule has 2 nitrogen and oxygen atoms in total. The Kier molecular flexibility index (Phi) is 7.14. The Hall–Kier alpha value is -0.830. The molecule has 0 spiro atoms. The molecule has 1 aromatic rings. The second-order valence-corrected chi connectivity index (χ2v) is 5.95. The number of rotatable bonds is 7. The standard InChI is InChI=1S/C16H24BrNO/c1-4-5-14(8-9-17)11-18-16(19)15-10-12(2)6-7-13(15)3/h6-7,10,14H,4-5,8-9,11H2,1-3H3,(H,18,19). The van der Waals surface area contributed by atoms with E-state index in [9.17, 15) is 4.79 Å². The Morgan fingerprint density at radius 1 is 1.32 bits per heavy atom. The number of alkyl halides is 1. The third-order valence-corrected chi connectivity index (χ3v) is 3.86. The summed E-state index contributed by atoms with van der Waals surface area (Å²) in [6.07, 6.45) is 3.44. The van der Waals surface area contributed by atoms with Crippen molar-refractivity contribution in [3.05, 3.63) is 34.9 Å². The monoisotopic (exact) mass is 325 g/mol. The van der Waals surface area contributed by atoms with Gasteiger partial charge in [0.1, 0.15) is 0 Å². The molecule has 1 rings (SSSR count). The van der Waals surface area contributed by atoms with E-state index in [1.54, 1.807) is 0 Å². The lowest BCUT2D eigenvalue weighted by molar-refractivity contribution is 0.0945. The first-order chi connectivity index (χ1) is 9.08. The average Bonchev–Trinajstić information content (AvgIpc) is 2.39. The maximum atomic E-state index is 12.2. The summed E-state index contributed by atoms with van der Waals surface area (Å²) in [5.74, 6) is 0.621. The first kappa shape index (κ1) is 16.2. The fourth-order valence-corrected chi connectivity index (χ4v) is 2.87. The van der Waals surface area contributed by atoms with Crippen molar-refractivity contribution in [1.82, 2.24) is 5.32 Å². The first-order valence-electron chi connectivity index (χ1n) is 6.99. The molecule has 0 aliphatic rings. The molecule has 1 amide bonds. The predicted molar refractivity (Wildman–Crippen MR) is 85.1 cm³/mol. The van der Waals surface area contributed by atoms with E-state index in [0.29, 0.717) is 5.92 Å². The zero-order chi connectivity index (χ0) is 14.3. The molecule has 1 aromatic carbocycles. The lowest BCUT2D eigenvalue weighted by atomic mass is 10.00. The summed E-state index contributed by atoms with van der Waals surface area (Å²) in [5.41, 5.74) is 2.96. The number of aryl methyl sites for hydroxylation is 2. The van der Waals surface area contributed by atoms with E-state index < -0.39 is 0 Å². The largest absolute Gasteiger partial charge is 0.352 e. The number of carbonyl (C=O) groups excluding carboxylic acids is 1. The van der Waals surface area contributed by atoms with Gasteiger partial charge in [-0.2, -0.15) is 0 Å². The quantitative estimate of drug-likeness (QED) is 0.746. The third-order valence-electron chi connectivity index (χ3n) is 3.40. The van der Waals surface area contributed by atoms with Gasteiger partial charge in [0.15, 0.2) is 0 Å². The molecule has 3 heteroatoms. The molecule has 1 atom stereocenters. The molecule has 1 unspecified atom stereocenters. The Morgan fingerprint density at radius 3 is 2.68 bits per heavy atom. The van der Waals surface area contributed by atoms with Crippen molar-refractivity contribution < 1.29 is 4.79 Å². The number of hydrogen-bond acceptors (Lipinski definition) is 1. The highest BCUT2D eigenvalue weighted by atomic mass is 79.9. The van der Waals surface area contributed by atoms with Crippen LogP contribution in [0.25, 0.3) is 0 Å². The van der Waals surface area contributed by atoms with Crippen LogP contribution < -0.4 is 5.32 Å². The zero-order valence-electron chi connectivity index (χ0n) is 12.1. The van der Waals surface area contributed by atoms with Crippen molar-refractivity contribution in [2.45, 2.75) is 40.0 Å². The number of nitrogens with one attached hydrogen (secondary N) is 1. The average molecular weight is 326 g/mol. The van der Waals surface area contributed by atoms with Gasteiger partial charge >= 0.3 is 0 Å². The number of amides is 1. The van der Waals surface area contributed by atoms with Gasteiger partial charge in [0.2, 0.25) is 0 Å². The van der Waals surface area contributed by atoms with Gasteiger partial charge in [0.25, 0.3) is 5.91 Å². The predicted octanol–water partition coefficient (Wildman–Crippen LogP) is 4.23. The Bertz CT molecular complexity index is 411. The third kappa shape index (κ3) is 5.35. The maximum Gasteiger partial charge on any atom is 0.251 e. The van der Waals surface area contributed by atoms with Gasteiger partial charge in [-0.05, 0) is 44.2 Å². The fraction of sp³-hybridized carbons (Fsp3) is 0.562. The van der Waals surface area contributed by atoms with Crippen LogP contribution >= 0.6 is 15.9 Å². The van der Waals surface area contributed by atoms with Crippen LogP contribution in [0.3, 0.4) is 0 Å². The minimum Gasteiger partial charge on any atom is -0.352 e. The van der Waals surface area contributed by atoms with E-state index >= 15 is 0 Å². The highest BCUT2D eigenvalue weighted by molar-refractivity contribution is 9.09. The van der Waals surface area contributed by atoms with Gasteiger partial charge in [-0.3, -0.25) is 4.79 Å². The van der Waals surface area contributed by atoms with Crippen molar-refractivity contribution in [1.29, 1.82) is 0 Å². The number of benzene rings is 1. The maximum absolute atomic E-state index is 12.2. The second kappa shape index (κ2) is 8.36. The number of hydrogen-bond donors (Lipinski definition) is 1. The molecule has 0 radical (unpaired) electrons.